The van der Waals surface area contributed by atoms with E-state index in [1.54, 1.807) is 11.3 Å². The molecule has 4 rings (SSSR count). The molecule has 7 heteroatoms. The molecule has 0 saturated carbocycles. The predicted octanol–water partition coefficient (Wildman–Crippen LogP) is 2.05. The number of imidazole rings is 1. The van der Waals surface area contributed by atoms with E-state index < -0.39 is 0 Å². The lowest BCUT2D eigenvalue weighted by atomic mass is 10.2. The fourth-order valence-electron chi connectivity index (χ4n) is 3.11. The van der Waals surface area contributed by atoms with Crippen LogP contribution >= 0.6 is 11.3 Å². The quantitative estimate of drug-likeness (QED) is 0.722. The van der Waals surface area contributed by atoms with Gasteiger partial charge in [0.25, 0.3) is 0 Å². The van der Waals surface area contributed by atoms with Crippen LogP contribution in [0.25, 0.3) is 16.2 Å². The van der Waals surface area contributed by atoms with Crippen LogP contribution in [0.2, 0.25) is 0 Å². The van der Waals surface area contributed by atoms with Gasteiger partial charge in [-0.15, -0.1) is 11.3 Å². The molecule has 0 unspecified atom stereocenters. The number of ether oxygens (including phenoxy) is 1. The molecule has 0 aliphatic carbocycles. The monoisotopic (exact) mass is 370 g/mol. The Kier molecular flexibility index (Phi) is 5.29. The summed E-state index contributed by atoms with van der Waals surface area (Å²) >= 11 is 1.57. The molecule has 1 aromatic carbocycles. The first-order valence-corrected chi connectivity index (χ1v) is 9.75. The second-order valence-electron chi connectivity index (χ2n) is 6.35. The summed E-state index contributed by atoms with van der Waals surface area (Å²) in [6.07, 6.45) is 2.38. The summed E-state index contributed by atoms with van der Waals surface area (Å²) in [6, 6.07) is 10.1. The molecule has 0 radical (unpaired) electrons. The first-order valence-electron chi connectivity index (χ1n) is 8.87. The number of thiazole rings is 1. The van der Waals surface area contributed by atoms with Gasteiger partial charge in [0.15, 0.2) is 4.96 Å². The fourth-order valence-corrected chi connectivity index (χ4v) is 3.98. The summed E-state index contributed by atoms with van der Waals surface area (Å²) < 4.78 is 7.36. The van der Waals surface area contributed by atoms with Crippen LogP contribution in [0.15, 0.2) is 41.9 Å². The molecule has 1 aliphatic heterocycles. The van der Waals surface area contributed by atoms with Crippen molar-refractivity contribution in [1.29, 1.82) is 0 Å². The Morgan fingerprint density at radius 1 is 1.23 bits per heavy atom. The van der Waals surface area contributed by atoms with Crippen LogP contribution < -0.4 is 5.32 Å². The van der Waals surface area contributed by atoms with Crippen molar-refractivity contribution in [2.45, 2.75) is 6.42 Å². The van der Waals surface area contributed by atoms with Gasteiger partial charge >= 0.3 is 0 Å². The second-order valence-corrected chi connectivity index (χ2v) is 7.19. The number of nitrogens with one attached hydrogen (secondary N) is 1. The predicted molar refractivity (Wildman–Crippen MR) is 102 cm³/mol. The summed E-state index contributed by atoms with van der Waals surface area (Å²) in [6.45, 7) is 5.00. The van der Waals surface area contributed by atoms with Crippen LogP contribution in [-0.2, 0) is 16.0 Å². The topological polar surface area (TPSA) is 58.9 Å². The van der Waals surface area contributed by atoms with Gasteiger partial charge < -0.3 is 10.1 Å². The van der Waals surface area contributed by atoms with Crippen molar-refractivity contribution in [3.8, 4) is 11.3 Å². The maximum absolute atomic E-state index is 12.3. The highest BCUT2D eigenvalue weighted by Gasteiger charge is 2.13. The molecule has 136 valence electrons. The number of carbonyl (C=O) groups excluding carboxylic acids is 1. The first-order chi connectivity index (χ1) is 12.8. The molecule has 3 heterocycles. The van der Waals surface area contributed by atoms with Gasteiger partial charge in [0.1, 0.15) is 0 Å². The lowest BCUT2D eigenvalue weighted by Crippen LogP contribution is -2.41. The van der Waals surface area contributed by atoms with E-state index in [1.165, 1.54) is 0 Å². The number of aromatic nitrogens is 2. The number of benzene rings is 1. The van der Waals surface area contributed by atoms with Gasteiger partial charge in [-0.05, 0) is 0 Å². The van der Waals surface area contributed by atoms with Crippen LogP contribution in [0, 0.1) is 0 Å². The van der Waals surface area contributed by atoms with Gasteiger partial charge in [0.05, 0.1) is 25.3 Å². The highest BCUT2D eigenvalue weighted by atomic mass is 32.1. The number of morpholine rings is 1. The molecule has 6 nitrogen and oxygen atoms in total. The van der Waals surface area contributed by atoms with Crippen molar-refractivity contribution in [3.05, 3.63) is 47.6 Å². The number of rotatable bonds is 6. The van der Waals surface area contributed by atoms with Crippen molar-refractivity contribution in [3.63, 3.8) is 0 Å². The fraction of sp³-hybridized carbons (Fsp3) is 0.368. The zero-order valence-electron chi connectivity index (χ0n) is 14.6. The van der Waals surface area contributed by atoms with E-state index in [-0.39, 0.29) is 5.91 Å². The van der Waals surface area contributed by atoms with Crippen LogP contribution in [-0.4, -0.2) is 59.6 Å². The molecule has 1 fully saturated rings. The molecular weight excluding hydrogens is 348 g/mol. The van der Waals surface area contributed by atoms with Crippen molar-refractivity contribution >= 4 is 22.2 Å². The summed E-state index contributed by atoms with van der Waals surface area (Å²) in [5.41, 5.74) is 3.00. The lowest BCUT2D eigenvalue weighted by Gasteiger charge is -2.26. The van der Waals surface area contributed by atoms with Gasteiger partial charge in [-0.25, -0.2) is 4.98 Å². The molecule has 0 atom stereocenters. The van der Waals surface area contributed by atoms with E-state index in [4.69, 9.17) is 4.74 Å². The average molecular weight is 370 g/mol. The average Bonchev–Trinajstić information content (AvgIpc) is 3.25. The van der Waals surface area contributed by atoms with Crippen LogP contribution in [0.3, 0.4) is 0 Å². The smallest absolute Gasteiger partial charge is 0.226 e. The largest absolute Gasteiger partial charge is 0.379 e. The molecule has 1 N–H and O–H groups in total. The van der Waals surface area contributed by atoms with Crippen molar-refractivity contribution < 1.29 is 9.53 Å². The Labute approximate surface area is 156 Å². The molecule has 0 spiro atoms. The molecular formula is C19H22N4O2S. The molecule has 1 saturated heterocycles. The van der Waals surface area contributed by atoms with Crippen molar-refractivity contribution in [2.24, 2.45) is 0 Å². The van der Waals surface area contributed by atoms with E-state index in [2.05, 4.69) is 15.2 Å². The standard InChI is InChI=1S/C19H22N4O2S/c24-18(20-6-7-22-8-10-25-11-9-22)12-16-14-26-19-21-17(13-23(16)19)15-4-2-1-3-5-15/h1-5,13-14H,6-12H2,(H,20,24). The van der Waals surface area contributed by atoms with E-state index in [0.29, 0.717) is 13.0 Å². The normalized spacial score (nSPS) is 15.4. The SMILES string of the molecule is O=C(Cc1csc2nc(-c3ccccc3)cn12)NCCN1CCOCC1. The van der Waals surface area contributed by atoms with Gasteiger partial charge in [0, 0.05) is 49.0 Å². The van der Waals surface area contributed by atoms with Crippen molar-refractivity contribution in [2.75, 3.05) is 39.4 Å². The zero-order valence-corrected chi connectivity index (χ0v) is 15.4. The molecule has 26 heavy (non-hydrogen) atoms. The molecule has 1 aliphatic rings. The van der Waals surface area contributed by atoms with Gasteiger partial charge in [-0.3, -0.25) is 14.1 Å². The molecule has 3 aromatic rings. The van der Waals surface area contributed by atoms with Gasteiger partial charge in [-0.1, -0.05) is 30.3 Å². The number of nitrogens with zero attached hydrogens (tertiary/aromatic N) is 3. The molecule has 1 amide bonds. The number of amides is 1. The molecule has 2 aromatic heterocycles. The summed E-state index contributed by atoms with van der Waals surface area (Å²) in [5, 5.41) is 5.03. The first kappa shape index (κ1) is 17.2. The zero-order chi connectivity index (χ0) is 17.8. The number of carbonyl (C=O) groups is 1. The Morgan fingerprint density at radius 3 is 2.85 bits per heavy atom. The Bertz CT molecular complexity index is 868. The van der Waals surface area contributed by atoms with Crippen LogP contribution in [0.4, 0.5) is 0 Å². The Morgan fingerprint density at radius 2 is 2.04 bits per heavy atom. The minimum Gasteiger partial charge on any atom is -0.379 e. The van der Waals surface area contributed by atoms with Crippen LogP contribution in [0.5, 0.6) is 0 Å². The van der Waals surface area contributed by atoms with E-state index in [1.807, 2.05) is 46.3 Å². The van der Waals surface area contributed by atoms with Gasteiger partial charge in [0.2, 0.25) is 5.91 Å². The lowest BCUT2D eigenvalue weighted by molar-refractivity contribution is -0.120. The number of hydrogen-bond donors (Lipinski definition) is 1. The minimum absolute atomic E-state index is 0.0490. The summed E-state index contributed by atoms with van der Waals surface area (Å²) in [5.74, 6) is 0.0490. The maximum Gasteiger partial charge on any atom is 0.226 e. The van der Waals surface area contributed by atoms with Crippen LogP contribution in [0.1, 0.15) is 5.69 Å². The minimum atomic E-state index is 0.0490. The second kappa shape index (κ2) is 7.99. The Hall–Kier alpha value is -2.22. The summed E-state index contributed by atoms with van der Waals surface area (Å²) in [4.78, 5) is 20.2. The van der Waals surface area contributed by atoms with E-state index >= 15 is 0 Å². The van der Waals surface area contributed by atoms with E-state index in [9.17, 15) is 4.79 Å². The van der Waals surface area contributed by atoms with E-state index in [0.717, 1.165) is 54.8 Å². The highest BCUT2D eigenvalue weighted by molar-refractivity contribution is 7.15. The number of fused-ring (bicyclic) bond motifs is 1. The van der Waals surface area contributed by atoms with Gasteiger partial charge in [-0.2, -0.15) is 0 Å². The summed E-state index contributed by atoms with van der Waals surface area (Å²) in [7, 11) is 0. The Balaban J connectivity index is 1.36. The number of hydrogen-bond acceptors (Lipinski definition) is 5. The third-order valence-electron chi connectivity index (χ3n) is 4.55. The molecule has 0 bridgehead atoms. The maximum atomic E-state index is 12.3. The third-order valence-corrected chi connectivity index (χ3v) is 5.44. The third kappa shape index (κ3) is 3.95. The van der Waals surface area contributed by atoms with Crippen molar-refractivity contribution in [1.82, 2.24) is 19.6 Å². The highest BCUT2D eigenvalue weighted by Crippen LogP contribution is 2.23.